The quantitative estimate of drug-likeness (QED) is 0.895. The number of nitrogens with zero attached hydrogens (tertiary/aromatic N) is 1. The van der Waals surface area contributed by atoms with E-state index in [2.05, 4.69) is 6.92 Å². The second-order valence-corrected chi connectivity index (χ2v) is 4.62. The fourth-order valence-corrected chi connectivity index (χ4v) is 2.34. The number of aliphatic hydroxyl groups excluding tert-OH is 1. The lowest BCUT2D eigenvalue weighted by atomic mass is 10.0. The molecule has 0 spiro atoms. The molecule has 1 N–H and O–H groups in total. The van der Waals surface area contributed by atoms with Crippen LogP contribution in [0.15, 0.2) is 53.5 Å². The van der Waals surface area contributed by atoms with Gasteiger partial charge in [0.25, 0.3) is 5.56 Å². The summed E-state index contributed by atoms with van der Waals surface area (Å²) in [5, 5.41) is 9.21. The van der Waals surface area contributed by atoms with E-state index in [0.29, 0.717) is 5.56 Å². The molecule has 1 aromatic heterocycles. The number of aromatic nitrogens is 1. The van der Waals surface area contributed by atoms with Gasteiger partial charge in [0.1, 0.15) is 0 Å². The van der Waals surface area contributed by atoms with Crippen LogP contribution in [0.3, 0.4) is 0 Å². The van der Waals surface area contributed by atoms with Gasteiger partial charge in [-0.3, -0.25) is 4.79 Å². The largest absolute Gasteiger partial charge is 0.391 e. The smallest absolute Gasteiger partial charge is 0.256 e. The first-order valence-corrected chi connectivity index (χ1v) is 6.63. The van der Waals surface area contributed by atoms with Crippen molar-refractivity contribution in [2.75, 3.05) is 0 Å². The maximum Gasteiger partial charge on any atom is 0.256 e. The Kier molecular flexibility index (Phi) is 4.53. The van der Waals surface area contributed by atoms with E-state index in [1.54, 1.807) is 16.8 Å². The van der Waals surface area contributed by atoms with Crippen LogP contribution in [0.4, 0.5) is 0 Å². The zero-order valence-corrected chi connectivity index (χ0v) is 11.1. The van der Waals surface area contributed by atoms with E-state index in [4.69, 9.17) is 0 Å². The summed E-state index contributed by atoms with van der Waals surface area (Å²) in [5.74, 6) is 0. The van der Waals surface area contributed by atoms with Crippen molar-refractivity contribution in [3.63, 3.8) is 0 Å². The maximum atomic E-state index is 12.3. The fraction of sp³-hybridized carbons (Fsp3) is 0.312. The zero-order valence-electron chi connectivity index (χ0n) is 11.1. The highest BCUT2D eigenvalue weighted by Crippen LogP contribution is 2.21. The van der Waals surface area contributed by atoms with Crippen molar-refractivity contribution in [2.45, 2.75) is 32.4 Å². The second-order valence-electron chi connectivity index (χ2n) is 4.62. The predicted molar refractivity (Wildman–Crippen MR) is 76.1 cm³/mol. The number of hydrogen-bond donors (Lipinski definition) is 1. The van der Waals surface area contributed by atoms with Gasteiger partial charge in [-0.1, -0.05) is 43.7 Å². The lowest BCUT2D eigenvalue weighted by Gasteiger charge is -2.20. The van der Waals surface area contributed by atoms with Crippen molar-refractivity contribution in [1.29, 1.82) is 0 Å². The van der Waals surface area contributed by atoms with E-state index < -0.39 is 0 Å². The van der Waals surface area contributed by atoms with E-state index in [9.17, 15) is 9.90 Å². The van der Waals surface area contributed by atoms with Gasteiger partial charge in [0.15, 0.2) is 0 Å². The van der Waals surface area contributed by atoms with Gasteiger partial charge in [0.2, 0.25) is 0 Å². The number of aliphatic hydroxyl groups is 1. The lowest BCUT2D eigenvalue weighted by Crippen LogP contribution is -2.27. The van der Waals surface area contributed by atoms with Gasteiger partial charge in [-0.25, -0.2) is 0 Å². The molecule has 0 amide bonds. The molecule has 0 aliphatic carbocycles. The Morgan fingerprint density at radius 2 is 1.89 bits per heavy atom. The molecule has 0 aliphatic heterocycles. The molecular formula is C16H19NO2. The third-order valence-corrected chi connectivity index (χ3v) is 3.31. The highest BCUT2D eigenvalue weighted by atomic mass is 16.3. The Bertz CT molecular complexity index is 575. The topological polar surface area (TPSA) is 42.2 Å². The molecule has 1 atom stereocenters. The number of hydrogen-bond acceptors (Lipinski definition) is 2. The monoisotopic (exact) mass is 257 g/mol. The number of benzene rings is 1. The average Bonchev–Trinajstić information content (AvgIpc) is 2.46. The summed E-state index contributed by atoms with van der Waals surface area (Å²) in [6.45, 7) is 1.89. The Hall–Kier alpha value is -1.87. The minimum Gasteiger partial charge on any atom is -0.391 e. The maximum absolute atomic E-state index is 12.3. The molecule has 0 saturated carbocycles. The second kappa shape index (κ2) is 6.34. The predicted octanol–water partition coefficient (Wildman–Crippen LogP) is 2.73. The van der Waals surface area contributed by atoms with Crippen LogP contribution in [0.25, 0.3) is 0 Å². The van der Waals surface area contributed by atoms with E-state index in [0.717, 1.165) is 18.4 Å². The Labute approximate surface area is 113 Å². The standard InChI is InChI=1S/C16H19NO2/c1-2-7-15(13-8-4-3-5-9-13)17-11-6-10-14(12-18)16(17)19/h3-6,8-11,15,18H,2,7,12H2,1H3/t15-/m0/s1. The molecule has 0 bridgehead atoms. The Morgan fingerprint density at radius 1 is 1.16 bits per heavy atom. The molecule has 100 valence electrons. The number of rotatable bonds is 5. The van der Waals surface area contributed by atoms with Crippen molar-refractivity contribution in [3.05, 3.63) is 70.1 Å². The molecule has 19 heavy (non-hydrogen) atoms. The summed E-state index contributed by atoms with van der Waals surface area (Å²) in [7, 11) is 0. The van der Waals surface area contributed by atoms with Gasteiger partial charge in [-0.05, 0) is 24.1 Å². The molecule has 1 aromatic carbocycles. The SMILES string of the molecule is CCC[C@@H](c1ccccc1)n1cccc(CO)c1=O. The van der Waals surface area contributed by atoms with Crippen LogP contribution in [0.5, 0.6) is 0 Å². The van der Waals surface area contributed by atoms with Gasteiger partial charge < -0.3 is 9.67 Å². The van der Waals surface area contributed by atoms with E-state index in [1.165, 1.54) is 0 Å². The molecule has 0 radical (unpaired) electrons. The van der Waals surface area contributed by atoms with Gasteiger partial charge in [0.05, 0.1) is 12.6 Å². The van der Waals surface area contributed by atoms with Crippen molar-refractivity contribution in [1.82, 2.24) is 4.57 Å². The fourth-order valence-electron chi connectivity index (χ4n) is 2.34. The Morgan fingerprint density at radius 3 is 2.53 bits per heavy atom. The van der Waals surface area contributed by atoms with Crippen molar-refractivity contribution in [3.8, 4) is 0 Å². The molecule has 3 heteroatoms. The van der Waals surface area contributed by atoms with E-state index in [1.807, 2.05) is 36.4 Å². The van der Waals surface area contributed by atoms with Gasteiger partial charge in [0, 0.05) is 11.8 Å². The summed E-state index contributed by atoms with van der Waals surface area (Å²) >= 11 is 0. The number of pyridine rings is 1. The summed E-state index contributed by atoms with van der Waals surface area (Å²) in [4.78, 5) is 12.3. The summed E-state index contributed by atoms with van der Waals surface area (Å²) < 4.78 is 1.73. The van der Waals surface area contributed by atoms with Gasteiger partial charge >= 0.3 is 0 Å². The summed E-state index contributed by atoms with van der Waals surface area (Å²) in [5.41, 5.74) is 1.47. The molecule has 2 aromatic rings. The zero-order chi connectivity index (χ0) is 13.7. The third-order valence-electron chi connectivity index (χ3n) is 3.31. The van der Waals surface area contributed by atoms with Crippen LogP contribution in [0.2, 0.25) is 0 Å². The molecule has 3 nitrogen and oxygen atoms in total. The van der Waals surface area contributed by atoms with Crippen LogP contribution >= 0.6 is 0 Å². The first-order chi connectivity index (χ1) is 9.27. The highest BCUT2D eigenvalue weighted by Gasteiger charge is 2.14. The van der Waals surface area contributed by atoms with E-state index in [-0.39, 0.29) is 18.2 Å². The minimum atomic E-state index is -0.215. The van der Waals surface area contributed by atoms with E-state index >= 15 is 0 Å². The van der Waals surface area contributed by atoms with Crippen LogP contribution in [0.1, 0.15) is 36.9 Å². The van der Waals surface area contributed by atoms with Crippen molar-refractivity contribution < 1.29 is 5.11 Å². The van der Waals surface area contributed by atoms with Crippen molar-refractivity contribution >= 4 is 0 Å². The van der Waals surface area contributed by atoms with Crippen LogP contribution < -0.4 is 5.56 Å². The van der Waals surface area contributed by atoms with Gasteiger partial charge in [-0.2, -0.15) is 0 Å². The van der Waals surface area contributed by atoms with Crippen LogP contribution in [0, 0.1) is 0 Å². The summed E-state index contributed by atoms with van der Waals surface area (Å²) in [6, 6.07) is 13.5. The molecule has 0 unspecified atom stereocenters. The normalized spacial score (nSPS) is 12.3. The molecule has 0 saturated heterocycles. The molecule has 0 aliphatic rings. The average molecular weight is 257 g/mol. The first kappa shape index (κ1) is 13.6. The molecular weight excluding hydrogens is 238 g/mol. The van der Waals surface area contributed by atoms with Crippen LogP contribution in [-0.2, 0) is 6.61 Å². The molecule has 2 rings (SSSR count). The summed E-state index contributed by atoms with van der Waals surface area (Å²) in [6.07, 6.45) is 3.70. The first-order valence-electron chi connectivity index (χ1n) is 6.63. The lowest BCUT2D eigenvalue weighted by molar-refractivity contribution is 0.278. The molecule has 1 heterocycles. The molecule has 0 fully saturated rings. The highest BCUT2D eigenvalue weighted by molar-refractivity contribution is 5.21. The minimum absolute atomic E-state index is 0.0326. The van der Waals surface area contributed by atoms with Gasteiger partial charge in [-0.15, -0.1) is 0 Å². The third kappa shape index (κ3) is 2.93. The van der Waals surface area contributed by atoms with Crippen molar-refractivity contribution in [2.24, 2.45) is 0 Å². The Balaban J connectivity index is 2.49. The van der Waals surface area contributed by atoms with Crippen LogP contribution in [-0.4, -0.2) is 9.67 Å².